The van der Waals surface area contributed by atoms with Gasteiger partial charge in [0.15, 0.2) is 0 Å². The summed E-state index contributed by atoms with van der Waals surface area (Å²) in [5, 5.41) is 0. The molecule has 2 aromatic rings. The summed E-state index contributed by atoms with van der Waals surface area (Å²) in [6.07, 6.45) is 9.04. The molecule has 1 fully saturated rings. The first-order valence-corrected chi connectivity index (χ1v) is 8.08. The van der Waals surface area contributed by atoms with E-state index >= 15 is 0 Å². The van der Waals surface area contributed by atoms with Crippen LogP contribution in [0, 0.1) is 5.92 Å². The maximum atomic E-state index is 4.13. The molecule has 3 aliphatic rings. The van der Waals surface area contributed by atoms with Crippen molar-refractivity contribution in [3.05, 3.63) is 65.5 Å². The molecule has 5 rings (SSSR count). The van der Waals surface area contributed by atoms with Crippen LogP contribution in [0.25, 0.3) is 0 Å². The van der Waals surface area contributed by atoms with Crippen LogP contribution in [0.15, 0.2) is 48.8 Å². The van der Waals surface area contributed by atoms with Crippen molar-refractivity contribution < 1.29 is 0 Å². The zero-order chi connectivity index (χ0) is 14.1. The Labute approximate surface area is 126 Å². The van der Waals surface area contributed by atoms with Gasteiger partial charge >= 0.3 is 0 Å². The number of aromatic nitrogens is 1. The number of pyridine rings is 1. The molecule has 0 saturated carbocycles. The van der Waals surface area contributed by atoms with E-state index in [1.807, 2.05) is 12.4 Å². The number of piperidine rings is 1. The summed E-state index contributed by atoms with van der Waals surface area (Å²) in [5.74, 6) is 0.824. The first-order chi connectivity index (χ1) is 10.4. The predicted octanol–water partition coefficient (Wildman–Crippen LogP) is 3.46. The van der Waals surface area contributed by atoms with Gasteiger partial charge < -0.3 is 0 Å². The van der Waals surface area contributed by atoms with E-state index in [0.29, 0.717) is 6.04 Å². The third-order valence-electron chi connectivity index (χ3n) is 5.13. The van der Waals surface area contributed by atoms with Gasteiger partial charge in [-0.05, 0) is 60.4 Å². The lowest BCUT2D eigenvalue weighted by Gasteiger charge is -2.42. The molecule has 0 N–H and O–H groups in total. The van der Waals surface area contributed by atoms with E-state index in [1.165, 1.54) is 37.8 Å². The Balaban J connectivity index is 1.59. The Bertz CT molecular complexity index is 608. The van der Waals surface area contributed by atoms with E-state index in [1.54, 1.807) is 11.1 Å². The molecular weight excluding hydrogens is 256 g/mol. The van der Waals surface area contributed by atoms with Crippen molar-refractivity contribution in [3.8, 4) is 0 Å². The summed E-state index contributed by atoms with van der Waals surface area (Å²) in [5.41, 5.74) is 4.56. The van der Waals surface area contributed by atoms with Gasteiger partial charge in [-0.3, -0.25) is 9.88 Å². The van der Waals surface area contributed by atoms with Crippen molar-refractivity contribution in [2.75, 3.05) is 6.54 Å². The molecule has 1 aliphatic carbocycles. The van der Waals surface area contributed by atoms with Crippen molar-refractivity contribution in [1.82, 2.24) is 9.88 Å². The van der Waals surface area contributed by atoms with Gasteiger partial charge in [0.25, 0.3) is 0 Å². The van der Waals surface area contributed by atoms with Crippen LogP contribution >= 0.6 is 0 Å². The number of rotatable bonds is 2. The maximum absolute atomic E-state index is 4.13. The lowest BCUT2D eigenvalue weighted by molar-refractivity contribution is 0.0938. The molecule has 2 heteroatoms. The third-order valence-corrected chi connectivity index (χ3v) is 5.13. The highest BCUT2D eigenvalue weighted by molar-refractivity contribution is 5.30. The van der Waals surface area contributed by atoms with Crippen molar-refractivity contribution in [2.45, 2.75) is 38.3 Å². The smallest absolute Gasteiger partial charge is 0.0271 e. The first kappa shape index (κ1) is 13.0. The Kier molecular flexibility index (Phi) is 3.48. The standard InChI is InChI=1S/C19H22N2/c1-2-4-18-12-19-6-5-16(11-17(18)3-1)14-21(19)13-15-7-9-20-10-8-15/h1-4,7-10,16,19H,5-6,11-14H2/t16-,19+/m1/s1. The summed E-state index contributed by atoms with van der Waals surface area (Å²) in [6, 6.07) is 14.1. The average molecular weight is 278 g/mol. The van der Waals surface area contributed by atoms with Gasteiger partial charge in [-0.15, -0.1) is 0 Å². The second-order valence-corrected chi connectivity index (χ2v) is 6.56. The highest BCUT2D eigenvalue weighted by atomic mass is 15.2. The minimum Gasteiger partial charge on any atom is -0.296 e. The Morgan fingerprint density at radius 1 is 0.952 bits per heavy atom. The van der Waals surface area contributed by atoms with Gasteiger partial charge in [-0.1, -0.05) is 24.3 Å². The highest BCUT2D eigenvalue weighted by Crippen LogP contribution is 2.32. The van der Waals surface area contributed by atoms with Gasteiger partial charge in [-0.25, -0.2) is 0 Å². The molecular formula is C19H22N2. The second-order valence-electron chi connectivity index (χ2n) is 6.56. The van der Waals surface area contributed by atoms with Crippen molar-refractivity contribution in [3.63, 3.8) is 0 Å². The molecule has 2 nitrogen and oxygen atoms in total. The largest absolute Gasteiger partial charge is 0.296 e. The quantitative estimate of drug-likeness (QED) is 0.836. The van der Waals surface area contributed by atoms with Crippen LogP contribution in [0.4, 0.5) is 0 Å². The third kappa shape index (κ3) is 2.73. The van der Waals surface area contributed by atoms with E-state index in [9.17, 15) is 0 Å². The minimum absolute atomic E-state index is 0.705. The fourth-order valence-electron chi connectivity index (χ4n) is 4.02. The number of hydrogen-bond donors (Lipinski definition) is 0. The topological polar surface area (TPSA) is 16.1 Å². The van der Waals surface area contributed by atoms with Crippen LogP contribution < -0.4 is 0 Å². The molecule has 21 heavy (non-hydrogen) atoms. The maximum Gasteiger partial charge on any atom is 0.0271 e. The van der Waals surface area contributed by atoms with Gasteiger partial charge in [-0.2, -0.15) is 0 Å². The molecule has 1 aromatic carbocycles. The predicted molar refractivity (Wildman–Crippen MR) is 85.0 cm³/mol. The summed E-state index contributed by atoms with van der Waals surface area (Å²) in [6.45, 7) is 2.33. The van der Waals surface area contributed by atoms with E-state index in [2.05, 4.69) is 46.3 Å². The van der Waals surface area contributed by atoms with Crippen LogP contribution in [0.3, 0.4) is 0 Å². The van der Waals surface area contributed by atoms with Gasteiger partial charge in [0.1, 0.15) is 0 Å². The highest BCUT2D eigenvalue weighted by Gasteiger charge is 2.31. The van der Waals surface area contributed by atoms with E-state index in [4.69, 9.17) is 0 Å². The number of fused-ring (bicyclic) bond motifs is 2. The Morgan fingerprint density at radius 3 is 2.52 bits per heavy atom. The van der Waals surface area contributed by atoms with Crippen LogP contribution in [-0.2, 0) is 19.4 Å². The van der Waals surface area contributed by atoms with Crippen LogP contribution in [0.5, 0.6) is 0 Å². The molecule has 2 bridgehead atoms. The number of benzene rings is 1. The molecule has 0 unspecified atom stereocenters. The van der Waals surface area contributed by atoms with E-state index < -0.39 is 0 Å². The molecule has 1 aromatic heterocycles. The fourth-order valence-corrected chi connectivity index (χ4v) is 4.02. The van der Waals surface area contributed by atoms with Crippen LogP contribution in [-0.4, -0.2) is 22.5 Å². The molecule has 3 heterocycles. The van der Waals surface area contributed by atoms with Crippen LogP contribution in [0.2, 0.25) is 0 Å². The minimum atomic E-state index is 0.705. The molecule has 0 spiro atoms. The molecule has 1 saturated heterocycles. The molecule has 2 aliphatic heterocycles. The summed E-state index contributed by atoms with van der Waals surface area (Å²) in [7, 11) is 0. The second kappa shape index (κ2) is 5.61. The normalized spacial score (nSPS) is 25.1. The number of nitrogens with zero attached hydrogens (tertiary/aromatic N) is 2. The molecule has 0 amide bonds. The lowest BCUT2D eigenvalue weighted by Crippen LogP contribution is -2.46. The summed E-state index contributed by atoms with van der Waals surface area (Å²) in [4.78, 5) is 6.84. The monoisotopic (exact) mass is 278 g/mol. The fraction of sp³-hybridized carbons (Fsp3) is 0.421. The van der Waals surface area contributed by atoms with E-state index in [0.717, 1.165) is 12.5 Å². The van der Waals surface area contributed by atoms with Gasteiger partial charge in [0.05, 0.1) is 0 Å². The Hall–Kier alpha value is -1.67. The van der Waals surface area contributed by atoms with E-state index in [-0.39, 0.29) is 0 Å². The zero-order valence-electron chi connectivity index (χ0n) is 12.4. The van der Waals surface area contributed by atoms with Gasteiger partial charge in [0.2, 0.25) is 0 Å². The first-order valence-electron chi connectivity index (χ1n) is 8.08. The summed E-state index contributed by atoms with van der Waals surface area (Å²) < 4.78 is 0. The number of hydrogen-bond acceptors (Lipinski definition) is 2. The van der Waals surface area contributed by atoms with Crippen molar-refractivity contribution in [2.24, 2.45) is 5.92 Å². The lowest BCUT2D eigenvalue weighted by atomic mass is 9.80. The van der Waals surface area contributed by atoms with Crippen LogP contribution in [0.1, 0.15) is 29.5 Å². The van der Waals surface area contributed by atoms with Gasteiger partial charge in [0, 0.05) is 31.5 Å². The molecule has 0 radical (unpaired) electrons. The Morgan fingerprint density at radius 2 is 1.71 bits per heavy atom. The summed E-state index contributed by atoms with van der Waals surface area (Å²) >= 11 is 0. The zero-order valence-corrected chi connectivity index (χ0v) is 12.4. The molecule has 108 valence electrons. The SMILES string of the molecule is c1ccc2c(c1)C[C@H]1CC[C@@H](C2)N(Cc2ccncc2)C1. The average Bonchev–Trinajstić information content (AvgIpc) is 2.49. The van der Waals surface area contributed by atoms with Crippen molar-refractivity contribution >= 4 is 0 Å². The molecule has 2 atom stereocenters. The van der Waals surface area contributed by atoms with Crippen molar-refractivity contribution in [1.29, 1.82) is 0 Å².